The third kappa shape index (κ3) is 5.18. The Bertz CT molecular complexity index is 1340. The van der Waals surface area contributed by atoms with Crippen LogP contribution in [0.4, 0.5) is 10.1 Å². The number of nitrogens with one attached hydrogen (secondary N) is 1. The number of carboxylic acids is 1. The van der Waals surface area contributed by atoms with Crippen molar-refractivity contribution in [3.63, 3.8) is 0 Å². The molecule has 1 atom stereocenters. The molecule has 1 saturated heterocycles. The summed E-state index contributed by atoms with van der Waals surface area (Å²) in [5.41, 5.74) is 4.68. The standard InChI is InChI=1S/C26H25ClFN5O2/c27-17-3-4-21(28)20(12-17)25-19(7-8-30-25)22-5-6-23-24(32-22)13-18(14-31-23)29-9-11-33-10-1-2-16(15-33)26(34)35/h3-7,12-14,16,29H,1-2,8-11,15H2,(H,34,35). The van der Waals surface area contributed by atoms with Crippen molar-refractivity contribution in [3.05, 3.63) is 70.8 Å². The first kappa shape index (κ1) is 23.4. The van der Waals surface area contributed by atoms with Crippen molar-refractivity contribution >= 4 is 45.6 Å². The van der Waals surface area contributed by atoms with Crippen LogP contribution in [0.15, 0.2) is 53.7 Å². The zero-order valence-corrected chi connectivity index (χ0v) is 19.8. The van der Waals surface area contributed by atoms with Crippen molar-refractivity contribution in [2.45, 2.75) is 12.8 Å². The summed E-state index contributed by atoms with van der Waals surface area (Å²) in [7, 11) is 0. The highest BCUT2D eigenvalue weighted by Crippen LogP contribution is 2.28. The summed E-state index contributed by atoms with van der Waals surface area (Å²) in [6.45, 7) is 3.39. The second-order valence-corrected chi connectivity index (χ2v) is 9.23. The van der Waals surface area contributed by atoms with Crippen LogP contribution in [0.3, 0.4) is 0 Å². The highest BCUT2D eigenvalue weighted by molar-refractivity contribution is 6.35. The number of aliphatic imine (C=N–C) groups is 1. The zero-order valence-electron chi connectivity index (χ0n) is 19.0. The van der Waals surface area contributed by atoms with Gasteiger partial charge in [-0.1, -0.05) is 17.7 Å². The molecule has 1 aromatic carbocycles. The number of fused-ring (bicyclic) bond motifs is 1. The summed E-state index contributed by atoms with van der Waals surface area (Å²) in [4.78, 5) is 27.2. The van der Waals surface area contributed by atoms with Crippen LogP contribution in [0, 0.1) is 11.7 Å². The predicted octanol–water partition coefficient (Wildman–Crippen LogP) is 4.52. The van der Waals surface area contributed by atoms with E-state index in [1.54, 1.807) is 12.3 Å². The molecule has 0 aliphatic carbocycles. The van der Waals surface area contributed by atoms with Gasteiger partial charge in [0.25, 0.3) is 0 Å². The van der Waals surface area contributed by atoms with Crippen LogP contribution in [0.1, 0.15) is 24.1 Å². The molecular formula is C26H25ClFN5O2. The van der Waals surface area contributed by atoms with Gasteiger partial charge < -0.3 is 15.3 Å². The molecule has 0 saturated carbocycles. The van der Waals surface area contributed by atoms with Gasteiger partial charge in [-0.25, -0.2) is 9.37 Å². The molecular weight excluding hydrogens is 469 g/mol. The number of likely N-dealkylation sites (tertiary alicyclic amines) is 1. The number of hydrogen-bond acceptors (Lipinski definition) is 6. The number of anilines is 1. The Morgan fingerprint density at radius 2 is 2.11 bits per heavy atom. The Morgan fingerprint density at radius 3 is 2.97 bits per heavy atom. The van der Waals surface area contributed by atoms with Gasteiger partial charge in [-0.05, 0) is 55.8 Å². The highest BCUT2D eigenvalue weighted by atomic mass is 35.5. The minimum atomic E-state index is -0.716. The SMILES string of the molecule is O=C(O)C1CCCN(CCNc2cnc3ccc(C4=CCN=C4c4cc(Cl)ccc4F)nc3c2)C1. The van der Waals surface area contributed by atoms with Crippen LogP contribution in [-0.4, -0.2) is 64.4 Å². The molecule has 9 heteroatoms. The van der Waals surface area contributed by atoms with E-state index in [1.807, 2.05) is 24.3 Å². The topological polar surface area (TPSA) is 90.7 Å². The number of benzene rings is 1. The monoisotopic (exact) mass is 493 g/mol. The van der Waals surface area contributed by atoms with E-state index in [2.05, 4.69) is 20.2 Å². The van der Waals surface area contributed by atoms with Gasteiger partial charge in [-0.15, -0.1) is 0 Å². The zero-order chi connectivity index (χ0) is 24.4. The number of hydrogen-bond donors (Lipinski definition) is 2. The summed E-state index contributed by atoms with van der Waals surface area (Å²) in [5.74, 6) is -1.38. The fourth-order valence-corrected chi connectivity index (χ4v) is 4.79. The molecule has 0 radical (unpaired) electrons. The molecule has 0 amide bonds. The van der Waals surface area contributed by atoms with Crippen LogP contribution >= 0.6 is 11.6 Å². The summed E-state index contributed by atoms with van der Waals surface area (Å²) in [5, 5.41) is 13.1. The van der Waals surface area contributed by atoms with Gasteiger partial charge in [-0.2, -0.15) is 0 Å². The molecule has 3 aromatic rings. The largest absolute Gasteiger partial charge is 0.481 e. The number of halogens is 2. The number of nitrogens with zero attached hydrogens (tertiary/aromatic N) is 4. The van der Waals surface area contributed by atoms with Crippen LogP contribution in [0.5, 0.6) is 0 Å². The van der Waals surface area contributed by atoms with Crippen LogP contribution in [-0.2, 0) is 4.79 Å². The van der Waals surface area contributed by atoms with E-state index in [9.17, 15) is 14.3 Å². The molecule has 0 bridgehead atoms. The van der Waals surface area contributed by atoms with Crippen LogP contribution in [0.2, 0.25) is 5.02 Å². The van der Waals surface area contributed by atoms with E-state index < -0.39 is 5.97 Å². The molecule has 7 nitrogen and oxygen atoms in total. The number of piperidine rings is 1. The number of pyridine rings is 2. The van der Waals surface area contributed by atoms with E-state index in [4.69, 9.17) is 16.6 Å². The molecule has 2 aliphatic rings. The molecule has 5 rings (SSSR count). The minimum absolute atomic E-state index is 0.285. The van der Waals surface area contributed by atoms with Gasteiger partial charge in [0.15, 0.2) is 0 Å². The number of rotatable bonds is 7. The summed E-state index contributed by atoms with van der Waals surface area (Å²) < 4.78 is 14.5. The molecule has 35 heavy (non-hydrogen) atoms. The van der Waals surface area contributed by atoms with Crippen molar-refractivity contribution in [1.29, 1.82) is 0 Å². The van der Waals surface area contributed by atoms with E-state index in [0.717, 1.165) is 48.2 Å². The van der Waals surface area contributed by atoms with Gasteiger partial charge >= 0.3 is 5.97 Å². The molecule has 180 valence electrons. The Balaban J connectivity index is 1.30. The van der Waals surface area contributed by atoms with Crippen molar-refractivity contribution in [3.8, 4) is 0 Å². The molecule has 2 aromatic heterocycles. The third-order valence-electron chi connectivity index (χ3n) is 6.41. The molecule has 4 heterocycles. The highest BCUT2D eigenvalue weighted by Gasteiger charge is 2.25. The summed E-state index contributed by atoms with van der Waals surface area (Å²) >= 11 is 6.10. The van der Waals surface area contributed by atoms with Crippen molar-refractivity contribution in [2.24, 2.45) is 10.9 Å². The lowest BCUT2D eigenvalue weighted by atomic mass is 9.98. The third-order valence-corrected chi connectivity index (χ3v) is 6.64. The summed E-state index contributed by atoms with van der Waals surface area (Å²) in [6.07, 6.45) is 5.35. The lowest BCUT2D eigenvalue weighted by molar-refractivity contribution is -0.143. The molecule has 2 N–H and O–H groups in total. The molecule has 1 unspecified atom stereocenters. The normalized spacial score (nSPS) is 18.4. The van der Waals surface area contributed by atoms with Crippen LogP contribution in [0.25, 0.3) is 16.6 Å². The Labute approximate surface area is 207 Å². The first-order valence-electron chi connectivity index (χ1n) is 11.6. The quantitative estimate of drug-likeness (QED) is 0.503. The average molecular weight is 494 g/mol. The molecule has 1 fully saturated rings. The Hall–Kier alpha value is -3.36. The Kier molecular flexibility index (Phi) is 6.74. The second-order valence-electron chi connectivity index (χ2n) is 8.79. The fraction of sp³-hybridized carbons (Fsp3) is 0.308. The van der Waals surface area contributed by atoms with Gasteiger partial charge in [0.05, 0.1) is 46.8 Å². The maximum Gasteiger partial charge on any atom is 0.307 e. The average Bonchev–Trinajstić information content (AvgIpc) is 3.35. The Morgan fingerprint density at radius 1 is 1.23 bits per heavy atom. The van der Waals surface area contributed by atoms with Gasteiger partial charge in [-0.3, -0.25) is 14.8 Å². The van der Waals surface area contributed by atoms with Crippen molar-refractivity contribution in [1.82, 2.24) is 14.9 Å². The fourth-order valence-electron chi connectivity index (χ4n) is 4.62. The van der Waals surface area contributed by atoms with Gasteiger partial charge in [0.1, 0.15) is 5.82 Å². The maximum atomic E-state index is 14.5. The van der Waals surface area contributed by atoms with Crippen molar-refractivity contribution in [2.75, 3.05) is 38.0 Å². The molecule has 2 aliphatic heterocycles. The predicted molar refractivity (Wildman–Crippen MR) is 136 cm³/mol. The molecule has 0 spiro atoms. The van der Waals surface area contributed by atoms with E-state index in [0.29, 0.717) is 41.6 Å². The second kappa shape index (κ2) is 10.1. The van der Waals surface area contributed by atoms with Gasteiger partial charge in [0, 0.05) is 35.8 Å². The first-order valence-corrected chi connectivity index (χ1v) is 12.0. The number of carbonyl (C=O) groups is 1. The van der Waals surface area contributed by atoms with E-state index in [1.165, 1.54) is 12.1 Å². The first-order chi connectivity index (χ1) is 17.0. The van der Waals surface area contributed by atoms with E-state index in [-0.39, 0.29) is 11.7 Å². The number of aromatic nitrogens is 2. The lowest BCUT2D eigenvalue weighted by Gasteiger charge is -2.30. The smallest absolute Gasteiger partial charge is 0.307 e. The van der Waals surface area contributed by atoms with Crippen LogP contribution < -0.4 is 5.32 Å². The number of allylic oxidation sites excluding steroid dienone is 1. The van der Waals surface area contributed by atoms with E-state index >= 15 is 0 Å². The minimum Gasteiger partial charge on any atom is -0.481 e. The van der Waals surface area contributed by atoms with Gasteiger partial charge in [0.2, 0.25) is 0 Å². The summed E-state index contributed by atoms with van der Waals surface area (Å²) in [6, 6.07) is 10.1. The maximum absolute atomic E-state index is 14.5. The lowest BCUT2D eigenvalue weighted by Crippen LogP contribution is -2.40. The number of carboxylic acid groups (broad SMARTS) is 1. The van der Waals surface area contributed by atoms with Crippen molar-refractivity contribution < 1.29 is 14.3 Å². The number of aliphatic carboxylic acids is 1.